The largest absolute Gasteiger partial charge is 0.494 e. The van der Waals surface area contributed by atoms with Gasteiger partial charge in [-0.05, 0) is 51.4 Å². The van der Waals surface area contributed by atoms with Gasteiger partial charge >= 0.3 is 0 Å². The van der Waals surface area contributed by atoms with E-state index in [9.17, 15) is 15.3 Å². The molecule has 4 aliphatic rings. The lowest BCUT2D eigenvalue weighted by Gasteiger charge is -2.42. The zero-order chi connectivity index (χ0) is 22.3. The molecule has 0 saturated carbocycles. The number of aliphatic hydroxyl groups is 2. The fourth-order valence-corrected chi connectivity index (χ4v) is 7.59. The minimum absolute atomic E-state index is 0.0668. The molecule has 0 amide bonds. The predicted octanol–water partition coefficient (Wildman–Crippen LogP) is 4.38. The van der Waals surface area contributed by atoms with E-state index in [4.69, 9.17) is 4.74 Å². The average molecular weight is 437 g/mol. The first kappa shape index (κ1) is 18.3. The van der Waals surface area contributed by atoms with Crippen molar-refractivity contribution in [2.24, 2.45) is 0 Å². The molecule has 2 aliphatic carbocycles. The first-order valence-corrected chi connectivity index (χ1v) is 11.6. The summed E-state index contributed by atoms with van der Waals surface area (Å²) < 4.78 is 6.84. The van der Waals surface area contributed by atoms with Crippen LogP contribution in [0, 0.1) is 0 Å². The monoisotopic (exact) mass is 437 g/mol. The van der Waals surface area contributed by atoms with E-state index in [1.807, 2.05) is 37.4 Å². The summed E-state index contributed by atoms with van der Waals surface area (Å²) in [7, 11) is 0. The molecule has 5 atom stereocenters. The Morgan fingerprint density at radius 2 is 1.70 bits per heavy atom. The summed E-state index contributed by atoms with van der Waals surface area (Å²) >= 11 is 0. The summed E-state index contributed by atoms with van der Waals surface area (Å²) in [6.45, 7) is 1.62. The first-order chi connectivity index (χ1) is 16.0. The lowest BCUT2D eigenvalue weighted by molar-refractivity contribution is -0.145. The molecule has 1 aromatic heterocycles. The molecular weight excluding hydrogens is 414 g/mol. The molecule has 8 rings (SSSR count). The SMILES string of the molecule is C[C@]12O[C@H](C[C@]1(O)CO)C1c3ccccc3-c3c1c1c(c4c[nH]c(O)c34)-c3ccccc3C12. The number of aromatic nitrogens is 1. The van der Waals surface area contributed by atoms with Crippen molar-refractivity contribution in [3.05, 3.63) is 77.0 Å². The van der Waals surface area contributed by atoms with Crippen molar-refractivity contribution < 1.29 is 20.1 Å². The Bertz CT molecular complexity index is 1540. The highest BCUT2D eigenvalue weighted by atomic mass is 16.5. The van der Waals surface area contributed by atoms with Crippen LogP contribution in [0.4, 0.5) is 0 Å². The normalized spacial score (nSPS) is 32.0. The van der Waals surface area contributed by atoms with E-state index in [1.54, 1.807) is 0 Å². The third-order valence-electron chi connectivity index (χ3n) is 8.96. The maximum Gasteiger partial charge on any atom is 0.197 e. The van der Waals surface area contributed by atoms with Crippen LogP contribution in [0.2, 0.25) is 0 Å². The molecule has 5 heteroatoms. The number of aromatic amines is 1. The van der Waals surface area contributed by atoms with Crippen molar-refractivity contribution in [3.8, 4) is 28.1 Å². The van der Waals surface area contributed by atoms with Crippen LogP contribution in [0.15, 0.2) is 54.7 Å². The number of rotatable bonds is 1. The van der Waals surface area contributed by atoms with Gasteiger partial charge in [0.1, 0.15) is 11.2 Å². The number of hydrogen-bond acceptors (Lipinski definition) is 4. The summed E-state index contributed by atoms with van der Waals surface area (Å²) in [5.74, 6) is -0.105. The zero-order valence-corrected chi connectivity index (χ0v) is 18.1. The fourth-order valence-electron chi connectivity index (χ4n) is 7.59. The van der Waals surface area contributed by atoms with E-state index >= 15 is 0 Å². The topological polar surface area (TPSA) is 85.7 Å². The van der Waals surface area contributed by atoms with Gasteiger partial charge in [-0.15, -0.1) is 0 Å². The Hall–Kier alpha value is -3.12. The van der Waals surface area contributed by atoms with E-state index in [0.29, 0.717) is 6.42 Å². The third kappa shape index (κ3) is 1.79. The van der Waals surface area contributed by atoms with Crippen molar-refractivity contribution in [3.63, 3.8) is 0 Å². The Morgan fingerprint density at radius 1 is 1.00 bits per heavy atom. The van der Waals surface area contributed by atoms with Crippen LogP contribution in [-0.4, -0.2) is 44.2 Å². The van der Waals surface area contributed by atoms with Crippen molar-refractivity contribution in [2.75, 3.05) is 6.61 Å². The van der Waals surface area contributed by atoms with Gasteiger partial charge in [0.05, 0.1) is 18.1 Å². The van der Waals surface area contributed by atoms with Crippen molar-refractivity contribution in [1.82, 2.24) is 4.98 Å². The molecule has 5 nitrogen and oxygen atoms in total. The lowest BCUT2D eigenvalue weighted by atomic mass is 9.67. The number of aromatic hydroxyl groups is 1. The van der Waals surface area contributed by atoms with E-state index in [1.165, 1.54) is 11.1 Å². The molecule has 2 bridgehead atoms. The van der Waals surface area contributed by atoms with E-state index in [-0.39, 0.29) is 30.4 Å². The van der Waals surface area contributed by atoms with Gasteiger partial charge in [-0.2, -0.15) is 0 Å². The van der Waals surface area contributed by atoms with Gasteiger partial charge in [0.2, 0.25) is 0 Å². The van der Waals surface area contributed by atoms with Gasteiger partial charge in [0.25, 0.3) is 0 Å². The summed E-state index contributed by atoms with van der Waals surface area (Å²) in [6.07, 6.45) is 1.99. The minimum Gasteiger partial charge on any atom is -0.494 e. The summed E-state index contributed by atoms with van der Waals surface area (Å²) in [4.78, 5) is 3.07. The Kier molecular flexibility index (Phi) is 3.05. The average Bonchev–Trinajstić information content (AvgIpc) is 3.51. The maximum absolute atomic E-state index is 11.8. The molecule has 4 aromatic rings. The predicted molar refractivity (Wildman–Crippen MR) is 124 cm³/mol. The standard InChI is InChI=1S/C28H23NO4/c1-27-25-16-9-5-4-8-15(16)19-17-11-29-26(31)22(17)21-14-7-3-2-6-13(14)20(23(21)24(19)25)18(33-27)10-28(27,32)12-30/h2-9,11,18,20,25,29-32H,10,12H2,1H3/t18-,20?,25?,27-,28+/m1/s1. The molecule has 2 unspecified atom stereocenters. The highest BCUT2D eigenvalue weighted by Crippen LogP contribution is 2.68. The van der Waals surface area contributed by atoms with E-state index < -0.39 is 11.2 Å². The van der Waals surface area contributed by atoms with Gasteiger partial charge in [-0.3, -0.25) is 0 Å². The number of nitrogens with one attached hydrogen (secondary N) is 1. The number of H-pyrrole nitrogens is 1. The molecule has 2 aliphatic heterocycles. The second-order valence-corrected chi connectivity index (χ2v) is 10.2. The molecule has 3 heterocycles. The summed E-state index contributed by atoms with van der Waals surface area (Å²) in [6, 6.07) is 16.6. The zero-order valence-electron chi connectivity index (χ0n) is 18.1. The second kappa shape index (κ2) is 5.50. The molecule has 1 saturated heterocycles. The maximum atomic E-state index is 11.8. The fraction of sp³-hybridized carbons (Fsp3) is 0.286. The van der Waals surface area contributed by atoms with Crippen LogP contribution < -0.4 is 0 Å². The molecule has 3 aromatic carbocycles. The molecule has 33 heavy (non-hydrogen) atoms. The van der Waals surface area contributed by atoms with Crippen molar-refractivity contribution >= 4 is 10.8 Å². The molecule has 0 spiro atoms. The van der Waals surface area contributed by atoms with E-state index in [2.05, 4.69) is 29.2 Å². The molecule has 164 valence electrons. The number of aliphatic hydroxyl groups excluding tert-OH is 1. The first-order valence-electron chi connectivity index (χ1n) is 11.6. The van der Waals surface area contributed by atoms with Crippen LogP contribution in [-0.2, 0) is 4.74 Å². The highest BCUT2D eigenvalue weighted by Gasteiger charge is 2.66. The van der Waals surface area contributed by atoms with Crippen LogP contribution in [0.5, 0.6) is 5.88 Å². The van der Waals surface area contributed by atoms with E-state index in [0.717, 1.165) is 44.2 Å². The van der Waals surface area contributed by atoms with Gasteiger partial charge in [-0.1, -0.05) is 48.5 Å². The summed E-state index contributed by atoms with van der Waals surface area (Å²) in [5.41, 5.74) is 6.72. The summed E-state index contributed by atoms with van der Waals surface area (Å²) in [5, 5.41) is 35.0. The number of hydrogen-bond donors (Lipinski definition) is 4. The van der Waals surface area contributed by atoms with Gasteiger partial charge in [-0.25, -0.2) is 0 Å². The number of fused-ring (bicyclic) bond motifs is 13. The molecule has 0 radical (unpaired) electrons. The molecule has 1 fully saturated rings. The molecule has 4 N–H and O–H groups in total. The smallest absolute Gasteiger partial charge is 0.197 e. The van der Waals surface area contributed by atoms with Crippen molar-refractivity contribution in [1.29, 1.82) is 0 Å². The Balaban J connectivity index is 1.63. The van der Waals surface area contributed by atoms with Crippen LogP contribution in [0.1, 0.15) is 47.4 Å². The van der Waals surface area contributed by atoms with Gasteiger partial charge < -0.3 is 25.0 Å². The third-order valence-corrected chi connectivity index (χ3v) is 8.96. The quantitative estimate of drug-likeness (QED) is 0.356. The Morgan fingerprint density at radius 3 is 2.45 bits per heavy atom. The van der Waals surface area contributed by atoms with Crippen LogP contribution in [0.25, 0.3) is 33.0 Å². The Labute approximate surface area is 190 Å². The van der Waals surface area contributed by atoms with Crippen LogP contribution in [0.3, 0.4) is 0 Å². The lowest BCUT2D eigenvalue weighted by Crippen LogP contribution is -2.55. The molecular formula is C28H23NO4. The second-order valence-electron chi connectivity index (χ2n) is 10.2. The van der Waals surface area contributed by atoms with Gasteiger partial charge in [0.15, 0.2) is 5.88 Å². The number of benzene rings is 3. The van der Waals surface area contributed by atoms with Gasteiger partial charge in [0, 0.05) is 29.8 Å². The van der Waals surface area contributed by atoms with Crippen LogP contribution >= 0.6 is 0 Å². The minimum atomic E-state index is -1.36. The number of ether oxygens (including phenoxy) is 1. The highest BCUT2D eigenvalue weighted by molar-refractivity contribution is 6.14. The van der Waals surface area contributed by atoms with Crippen molar-refractivity contribution in [2.45, 2.75) is 42.5 Å².